The van der Waals surface area contributed by atoms with E-state index in [4.69, 9.17) is 0 Å². The molecule has 0 saturated carbocycles. The van der Waals surface area contributed by atoms with Crippen molar-refractivity contribution < 1.29 is 18.0 Å². The molecule has 2 heterocycles. The molecule has 2 unspecified atom stereocenters. The van der Waals surface area contributed by atoms with Gasteiger partial charge in [-0.15, -0.1) is 0 Å². The molecule has 0 spiro atoms. The van der Waals surface area contributed by atoms with Crippen LogP contribution < -0.4 is 5.32 Å². The third-order valence-corrected chi connectivity index (χ3v) is 10.2. The van der Waals surface area contributed by atoms with Crippen molar-refractivity contribution in [1.82, 2.24) is 14.5 Å². The van der Waals surface area contributed by atoms with Gasteiger partial charge in [-0.3, -0.25) is 14.5 Å². The summed E-state index contributed by atoms with van der Waals surface area (Å²) in [5, 5.41) is 3.14. The van der Waals surface area contributed by atoms with E-state index in [-0.39, 0.29) is 35.6 Å². The topological polar surface area (TPSA) is 86.8 Å². The van der Waals surface area contributed by atoms with Crippen LogP contribution in [0, 0.1) is 6.92 Å². The molecule has 2 saturated heterocycles. The second kappa shape index (κ2) is 11.7. The summed E-state index contributed by atoms with van der Waals surface area (Å²) in [5.74, 6) is -0.460. The molecule has 3 aliphatic rings. The summed E-state index contributed by atoms with van der Waals surface area (Å²) in [7, 11) is -3.88. The van der Waals surface area contributed by atoms with E-state index in [0.29, 0.717) is 12.8 Å². The number of hydrogen-bond acceptors (Lipinski definition) is 5. The monoisotopic (exact) mass is 537 g/mol. The summed E-state index contributed by atoms with van der Waals surface area (Å²) in [4.78, 5) is 28.8. The Bertz CT molecular complexity index is 1270. The molecule has 0 radical (unpaired) electrons. The summed E-state index contributed by atoms with van der Waals surface area (Å²) in [6.07, 6.45) is 7.31. The lowest BCUT2D eigenvalue weighted by Gasteiger charge is -2.34. The lowest BCUT2D eigenvalue weighted by molar-refractivity contribution is -0.130. The standard InChI is InChI=1S/C30H39N3O4S/c1-22-10-13-25(14-11-22)38(36,37)33-18-6-9-29(34)28(33)20-30(35)31-27-8-5-7-24-19-23(12-15-26(24)27)21-32-16-3-2-4-17-32/h10-15,19,27-28H,2-9,16-18,20-21H2,1H3,(H,31,35). The van der Waals surface area contributed by atoms with Gasteiger partial charge in [0.05, 0.1) is 23.4 Å². The number of benzene rings is 2. The number of carbonyl (C=O) groups excluding carboxylic acids is 2. The Morgan fingerprint density at radius 1 is 0.947 bits per heavy atom. The molecule has 7 nitrogen and oxygen atoms in total. The summed E-state index contributed by atoms with van der Waals surface area (Å²) >= 11 is 0. The SMILES string of the molecule is Cc1ccc(S(=O)(=O)N2CCCC(=O)C2CC(=O)NC2CCCc3cc(CN4CCCCC4)ccc32)cc1. The van der Waals surface area contributed by atoms with Gasteiger partial charge in [-0.2, -0.15) is 4.31 Å². The number of sulfonamides is 1. The summed E-state index contributed by atoms with van der Waals surface area (Å²) in [5.41, 5.74) is 4.71. The van der Waals surface area contributed by atoms with Crippen molar-refractivity contribution in [3.63, 3.8) is 0 Å². The molecule has 1 amide bonds. The van der Waals surface area contributed by atoms with Crippen molar-refractivity contribution in [3.8, 4) is 0 Å². The molecular formula is C30H39N3O4S. The minimum Gasteiger partial charge on any atom is -0.349 e. The first kappa shape index (κ1) is 27.0. The Morgan fingerprint density at radius 2 is 1.71 bits per heavy atom. The van der Waals surface area contributed by atoms with E-state index < -0.39 is 16.1 Å². The molecule has 5 rings (SSSR count). The second-order valence-corrected chi connectivity index (χ2v) is 13.0. The zero-order valence-electron chi connectivity index (χ0n) is 22.3. The van der Waals surface area contributed by atoms with Gasteiger partial charge in [0.15, 0.2) is 5.78 Å². The zero-order valence-corrected chi connectivity index (χ0v) is 23.1. The fraction of sp³-hybridized carbons (Fsp3) is 0.533. The lowest BCUT2D eigenvalue weighted by Crippen LogP contribution is -2.51. The molecule has 2 aliphatic heterocycles. The summed E-state index contributed by atoms with van der Waals surface area (Å²) in [6, 6.07) is 12.2. The molecule has 0 bridgehead atoms. The Hall–Kier alpha value is -2.55. The first-order valence-corrected chi connectivity index (χ1v) is 15.5. The molecule has 204 valence electrons. The van der Waals surface area contributed by atoms with Gasteiger partial charge < -0.3 is 5.32 Å². The fourth-order valence-electron chi connectivity index (χ4n) is 6.16. The number of piperidine rings is 2. The average Bonchev–Trinajstić information content (AvgIpc) is 2.90. The van der Waals surface area contributed by atoms with Crippen LogP contribution in [0.3, 0.4) is 0 Å². The molecule has 38 heavy (non-hydrogen) atoms. The van der Waals surface area contributed by atoms with Crippen molar-refractivity contribution >= 4 is 21.7 Å². The van der Waals surface area contributed by atoms with E-state index in [1.165, 1.54) is 34.7 Å². The maximum atomic E-state index is 13.4. The highest BCUT2D eigenvalue weighted by atomic mass is 32.2. The minimum atomic E-state index is -3.88. The lowest BCUT2D eigenvalue weighted by atomic mass is 9.86. The first-order valence-electron chi connectivity index (χ1n) is 14.1. The number of amides is 1. The minimum absolute atomic E-state index is 0.115. The Kier molecular flexibility index (Phi) is 8.31. The first-order chi connectivity index (χ1) is 18.3. The number of ketones is 1. The van der Waals surface area contributed by atoms with Gasteiger partial charge in [-0.1, -0.05) is 42.3 Å². The van der Waals surface area contributed by atoms with Crippen molar-refractivity contribution in [2.45, 2.75) is 88.2 Å². The zero-order chi connectivity index (χ0) is 26.7. The van der Waals surface area contributed by atoms with Gasteiger partial charge in [0.25, 0.3) is 0 Å². The maximum Gasteiger partial charge on any atom is 0.243 e. The van der Waals surface area contributed by atoms with Crippen molar-refractivity contribution in [1.29, 1.82) is 0 Å². The van der Waals surface area contributed by atoms with E-state index in [1.807, 2.05) is 6.92 Å². The highest BCUT2D eigenvalue weighted by Gasteiger charge is 2.39. The number of rotatable bonds is 7. The van der Waals surface area contributed by atoms with Crippen LogP contribution in [0.1, 0.15) is 79.7 Å². The predicted octanol–water partition coefficient (Wildman–Crippen LogP) is 4.29. The number of Topliss-reactive ketones (excluding diaryl/α,β-unsaturated/α-hetero) is 1. The molecule has 2 fully saturated rings. The molecule has 1 N–H and O–H groups in total. The van der Waals surface area contributed by atoms with Crippen LogP contribution in [-0.4, -0.2) is 55.0 Å². The summed E-state index contributed by atoms with van der Waals surface area (Å²) < 4.78 is 28.0. The number of aryl methyl sites for hydroxylation is 2. The van der Waals surface area contributed by atoms with Crippen LogP contribution in [-0.2, 0) is 32.6 Å². The number of nitrogens with zero attached hydrogens (tertiary/aromatic N) is 2. The largest absolute Gasteiger partial charge is 0.349 e. The third kappa shape index (κ3) is 6.03. The number of fused-ring (bicyclic) bond motifs is 1. The Morgan fingerprint density at radius 3 is 2.47 bits per heavy atom. The second-order valence-electron chi connectivity index (χ2n) is 11.1. The van der Waals surface area contributed by atoms with Crippen LogP contribution in [0.25, 0.3) is 0 Å². The number of likely N-dealkylation sites (tertiary alicyclic amines) is 1. The molecule has 2 atom stereocenters. The molecular weight excluding hydrogens is 498 g/mol. The van der Waals surface area contributed by atoms with Gasteiger partial charge in [0, 0.05) is 19.5 Å². The molecule has 8 heteroatoms. The maximum absolute atomic E-state index is 13.4. The molecule has 2 aromatic carbocycles. The van der Waals surface area contributed by atoms with Crippen LogP contribution in [0.15, 0.2) is 47.4 Å². The normalized spacial score (nSPS) is 23.1. The number of hydrogen-bond donors (Lipinski definition) is 1. The van der Waals surface area contributed by atoms with Gasteiger partial charge in [-0.25, -0.2) is 8.42 Å². The third-order valence-electron chi connectivity index (χ3n) is 8.24. The van der Waals surface area contributed by atoms with Crippen LogP contribution in [0.5, 0.6) is 0 Å². The Balaban J connectivity index is 1.27. The Labute approximate surface area is 226 Å². The van der Waals surface area contributed by atoms with E-state index >= 15 is 0 Å². The van der Waals surface area contributed by atoms with E-state index in [1.54, 1.807) is 24.3 Å². The van der Waals surface area contributed by atoms with Crippen LogP contribution in [0.2, 0.25) is 0 Å². The highest BCUT2D eigenvalue weighted by Crippen LogP contribution is 2.32. The fourth-order valence-corrected chi connectivity index (χ4v) is 7.81. The van der Waals surface area contributed by atoms with Crippen LogP contribution >= 0.6 is 0 Å². The molecule has 0 aromatic heterocycles. The quantitative estimate of drug-likeness (QED) is 0.570. The summed E-state index contributed by atoms with van der Waals surface area (Å²) in [6.45, 7) is 5.43. The number of carbonyl (C=O) groups is 2. The average molecular weight is 538 g/mol. The van der Waals surface area contributed by atoms with Gasteiger partial charge in [0.2, 0.25) is 15.9 Å². The van der Waals surface area contributed by atoms with Gasteiger partial charge >= 0.3 is 0 Å². The van der Waals surface area contributed by atoms with Gasteiger partial charge in [-0.05, 0) is 87.4 Å². The van der Waals surface area contributed by atoms with E-state index in [2.05, 4.69) is 28.4 Å². The van der Waals surface area contributed by atoms with E-state index in [9.17, 15) is 18.0 Å². The highest BCUT2D eigenvalue weighted by molar-refractivity contribution is 7.89. The smallest absolute Gasteiger partial charge is 0.243 e. The number of nitrogens with one attached hydrogen (secondary N) is 1. The van der Waals surface area contributed by atoms with Crippen molar-refractivity contribution in [2.75, 3.05) is 19.6 Å². The van der Waals surface area contributed by atoms with E-state index in [0.717, 1.165) is 50.0 Å². The van der Waals surface area contributed by atoms with Crippen molar-refractivity contribution in [2.24, 2.45) is 0 Å². The molecule has 2 aromatic rings. The molecule has 1 aliphatic carbocycles. The predicted molar refractivity (Wildman–Crippen MR) is 147 cm³/mol. The van der Waals surface area contributed by atoms with Crippen LogP contribution in [0.4, 0.5) is 0 Å². The van der Waals surface area contributed by atoms with Crippen molar-refractivity contribution in [3.05, 3.63) is 64.7 Å². The van der Waals surface area contributed by atoms with Gasteiger partial charge in [0.1, 0.15) is 0 Å².